The van der Waals surface area contributed by atoms with Crippen LogP contribution in [0.5, 0.6) is 0 Å². The zero-order valence-electron chi connectivity index (χ0n) is 19.1. The summed E-state index contributed by atoms with van der Waals surface area (Å²) in [5.74, 6) is -0.470. The topological polar surface area (TPSA) is 43.4 Å². The molecule has 0 radical (unpaired) electrons. The number of aryl methyl sites for hydroxylation is 2. The molecule has 0 saturated heterocycles. The third-order valence-corrected chi connectivity index (χ3v) is 7.60. The molecule has 2 bridgehead atoms. The van der Waals surface area contributed by atoms with Gasteiger partial charge in [-0.3, -0.25) is 9.59 Å². The number of hydrogen-bond acceptors (Lipinski definition) is 3. The van der Waals surface area contributed by atoms with Gasteiger partial charge in [-0.15, -0.1) is 0 Å². The van der Waals surface area contributed by atoms with Crippen molar-refractivity contribution in [2.75, 3.05) is 6.61 Å². The van der Waals surface area contributed by atoms with Gasteiger partial charge < -0.3 is 4.74 Å². The molecule has 162 valence electrons. The fraction of sp³-hybridized carbons (Fsp3) is 0.310. The molecule has 0 heterocycles. The Morgan fingerprint density at radius 1 is 0.812 bits per heavy atom. The number of hydrogen-bond donors (Lipinski definition) is 0. The van der Waals surface area contributed by atoms with Crippen molar-refractivity contribution in [3.05, 3.63) is 105 Å². The fourth-order valence-corrected chi connectivity index (χ4v) is 5.82. The summed E-state index contributed by atoms with van der Waals surface area (Å²) in [6.07, 6.45) is 0.729. The first-order valence-electron chi connectivity index (χ1n) is 11.3. The SMILES string of the molecule is Cc1cc(C)c(C)c(C(=O)COC(=O)C2CC3c4ccccc4C2c2ccccc23)c1C. The number of carbonyl (C=O) groups is 2. The van der Waals surface area contributed by atoms with Gasteiger partial charge in [0.15, 0.2) is 6.61 Å². The van der Waals surface area contributed by atoms with E-state index in [1.54, 1.807) is 0 Å². The van der Waals surface area contributed by atoms with Crippen molar-refractivity contribution in [2.24, 2.45) is 5.92 Å². The van der Waals surface area contributed by atoms with Crippen LogP contribution in [-0.2, 0) is 9.53 Å². The summed E-state index contributed by atoms with van der Waals surface area (Å²) < 4.78 is 5.68. The second-order valence-electron chi connectivity index (χ2n) is 9.30. The summed E-state index contributed by atoms with van der Waals surface area (Å²) in [5, 5.41) is 0. The van der Waals surface area contributed by atoms with Gasteiger partial charge in [0, 0.05) is 17.4 Å². The molecular weight excluding hydrogens is 396 g/mol. The quantitative estimate of drug-likeness (QED) is 0.384. The number of fused-ring (bicyclic) bond motifs is 1. The van der Waals surface area contributed by atoms with Gasteiger partial charge in [-0.25, -0.2) is 0 Å². The Labute approximate surface area is 189 Å². The number of benzene rings is 3. The van der Waals surface area contributed by atoms with E-state index < -0.39 is 0 Å². The number of ether oxygens (including phenoxy) is 1. The number of ketones is 1. The Kier molecular flexibility index (Phi) is 5.00. The summed E-state index contributed by atoms with van der Waals surface area (Å²) in [5.41, 5.74) is 9.86. The lowest BCUT2D eigenvalue weighted by Crippen LogP contribution is -2.37. The third kappa shape index (κ3) is 3.10. The largest absolute Gasteiger partial charge is 0.457 e. The zero-order chi connectivity index (χ0) is 22.6. The van der Waals surface area contributed by atoms with E-state index in [9.17, 15) is 9.59 Å². The summed E-state index contributed by atoms with van der Waals surface area (Å²) in [4.78, 5) is 26.3. The number of carbonyl (C=O) groups excluding carboxylic acids is 2. The van der Waals surface area contributed by atoms with E-state index in [0.717, 1.165) is 28.7 Å². The highest BCUT2D eigenvalue weighted by molar-refractivity contribution is 6.01. The molecule has 3 nitrogen and oxygen atoms in total. The van der Waals surface area contributed by atoms with Crippen LogP contribution in [0.3, 0.4) is 0 Å². The van der Waals surface area contributed by atoms with E-state index in [1.165, 1.54) is 22.3 Å². The van der Waals surface area contributed by atoms with Gasteiger partial charge in [0.2, 0.25) is 5.78 Å². The van der Waals surface area contributed by atoms with Crippen molar-refractivity contribution in [2.45, 2.75) is 46.0 Å². The lowest BCUT2D eigenvalue weighted by Gasteiger charge is -2.44. The van der Waals surface area contributed by atoms with Crippen LogP contribution in [0.2, 0.25) is 0 Å². The van der Waals surface area contributed by atoms with E-state index in [2.05, 4.69) is 42.5 Å². The van der Waals surface area contributed by atoms with E-state index in [4.69, 9.17) is 4.74 Å². The Hall–Kier alpha value is -3.20. The molecule has 0 aliphatic heterocycles. The first kappa shape index (κ1) is 20.7. The third-order valence-electron chi connectivity index (χ3n) is 7.60. The minimum absolute atomic E-state index is 0.0142. The smallest absolute Gasteiger partial charge is 0.310 e. The van der Waals surface area contributed by atoms with Crippen LogP contribution in [0.4, 0.5) is 0 Å². The van der Waals surface area contributed by atoms with Crippen LogP contribution in [0.25, 0.3) is 0 Å². The van der Waals surface area contributed by atoms with Crippen LogP contribution in [0.15, 0.2) is 54.6 Å². The molecule has 32 heavy (non-hydrogen) atoms. The van der Waals surface area contributed by atoms with Crippen LogP contribution >= 0.6 is 0 Å². The van der Waals surface area contributed by atoms with Crippen LogP contribution in [0.1, 0.15) is 73.1 Å². The molecule has 3 aromatic rings. The van der Waals surface area contributed by atoms with Crippen molar-refractivity contribution < 1.29 is 14.3 Å². The Balaban J connectivity index is 1.41. The maximum Gasteiger partial charge on any atom is 0.310 e. The minimum atomic E-state index is -0.267. The highest BCUT2D eigenvalue weighted by Crippen LogP contribution is 2.55. The second-order valence-corrected chi connectivity index (χ2v) is 9.30. The van der Waals surface area contributed by atoms with E-state index in [0.29, 0.717) is 5.56 Å². The Morgan fingerprint density at radius 2 is 1.31 bits per heavy atom. The van der Waals surface area contributed by atoms with Crippen molar-refractivity contribution >= 4 is 11.8 Å². The molecule has 0 saturated carbocycles. The molecule has 0 spiro atoms. The molecule has 3 aliphatic carbocycles. The number of rotatable bonds is 4. The predicted octanol–water partition coefficient (Wildman–Crippen LogP) is 5.94. The molecule has 0 aromatic heterocycles. The average Bonchev–Trinajstić information content (AvgIpc) is 2.81. The highest BCUT2D eigenvalue weighted by atomic mass is 16.5. The molecule has 0 fully saturated rings. The highest BCUT2D eigenvalue weighted by Gasteiger charge is 2.46. The standard InChI is InChI=1S/C29H28O3/c1-16-13-17(2)19(4)27(18(16)3)26(30)15-32-29(31)25-14-24-20-9-5-7-11-22(20)28(25)23-12-8-6-10-21(23)24/h5-13,24-25,28H,14-15H2,1-4H3. The van der Waals surface area contributed by atoms with Gasteiger partial charge in [-0.05, 0) is 78.6 Å². The van der Waals surface area contributed by atoms with Crippen molar-refractivity contribution in [1.29, 1.82) is 0 Å². The van der Waals surface area contributed by atoms with Crippen molar-refractivity contribution in [3.63, 3.8) is 0 Å². The fourth-order valence-electron chi connectivity index (χ4n) is 5.82. The molecule has 1 unspecified atom stereocenters. The predicted molar refractivity (Wildman–Crippen MR) is 125 cm³/mol. The summed E-state index contributed by atoms with van der Waals surface area (Å²) in [6, 6.07) is 19.0. The molecule has 3 aromatic carbocycles. The second kappa shape index (κ2) is 7.74. The van der Waals surface area contributed by atoms with E-state index in [-0.39, 0.29) is 36.1 Å². The van der Waals surface area contributed by atoms with Gasteiger partial charge in [-0.2, -0.15) is 0 Å². The van der Waals surface area contributed by atoms with Gasteiger partial charge in [0.25, 0.3) is 0 Å². The molecule has 1 atom stereocenters. The molecule has 3 heteroatoms. The first-order valence-corrected chi connectivity index (χ1v) is 11.3. The number of esters is 1. The molecule has 3 aliphatic rings. The molecule has 0 N–H and O–H groups in total. The normalized spacial score (nSPS) is 20.4. The van der Waals surface area contributed by atoms with E-state index in [1.807, 2.05) is 39.8 Å². The van der Waals surface area contributed by atoms with Crippen LogP contribution in [0, 0.1) is 33.6 Å². The van der Waals surface area contributed by atoms with Gasteiger partial charge in [0.05, 0.1) is 5.92 Å². The van der Waals surface area contributed by atoms with Crippen LogP contribution in [-0.4, -0.2) is 18.4 Å². The Bertz CT molecular complexity index is 1180. The number of Topliss-reactive ketones (excluding diaryl/α,β-unsaturated/α-hetero) is 1. The van der Waals surface area contributed by atoms with E-state index >= 15 is 0 Å². The molecule has 6 rings (SSSR count). The monoisotopic (exact) mass is 424 g/mol. The van der Waals surface area contributed by atoms with Gasteiger partial charge in [-0.1, -0.05) is 54.6 Å². The van der Waals surface area contributed by atoms with Crippen LogP contribution < -0.4 is 0 Å². The summed E-state index contributed by atoms with van der Waals surface area (Å²) in [7, 11) is 0. The van der Waals surface area contributed by atoms with Crippen molar-refractivity contribution in [1.82, 2.24) is 0 Å². The maximum atomic E-state index is 13.3. The lowest BCUT2D eigenvalue weighted by molar-refractivity contribution is -0.148. The average molecular weight is 425 g/mol. The van der Waals surface area contributed by atoms with Crippen molar-refractivity contribution in [3.8, 4) is 0 Å². The minimum Gasteiger partial charge on any atom is -0.457 e. The Morgan fingerprint density at radius 3 is 1.84 bits per heavy atom. The zero-order valence-corrected chi connectivity index (χ0v) is 19.1. The molecular formula is C29H28O3. The maximum absolute atomic E-state index is 13.3. The summed E-state index contributed by atoms with van der Waals surface area (Å²) >= 11 is 0. The van der Waals surface area contributed by atoms with Gasteiger partial charge >= 0.3 is 5.97 Å². The molecule has 0 amide bonds. The first-order chi connectivity index (χ1) is 15.4. The van der Waals surface area contributed by atoms with Gasteiger partial charge in [0.1, 0.15) is 0 Å². The lowest BCUT2D eigenvalue weighted by atomic mass is 9.59. The summed E-state index contributed by atoms with van der Waals surface area (Å²) in [6.45, 7) is 7.74.